The van der Waals surface area contributed by atoms with Gasteiger partial charge in [-0.05, 0) is 80.5 Å². The molecule has 11 nitrogen and oxygen atoms in total. The predicted molar refractivity (Wildman–Crippen MR) is 165 cm³/mol. The van der Waals surface area contributed by atoms with Crippen molar-refractivity contribution in [3.05, 3.63) is 64.2 Å². The van der Waals surface area contributed by atoms with Gasteiger partial charge < -0.3 is 15.1 Å². The molecule has 4 aromatic rings. The number of nitrogens with zero attached hydrogens (tertiary/aromatic N) is 7. The smallest absolute Gasteiger partial charge is 0.248 e. The summed E-state index contributed by atoms with van der Waals surface area (Å²) in [4.78, 5) is 56.8. The Morgan fingerprint density at radius 2 is 1.84 bits per heavy atom. The van der Waals surface area contributed by atoms with E-state index in [0.717, 1.165) is 18.5 Å². The lowest BCUT2D eigenvalue weighted by atomic mass is 9.98. The summed E-state index contributed by atoms with van der Waals surface area (Å²) in [5, 5.41) is 7.35. The van der Waals surface area contributed by atoms with Crippen molar-refractivity contribution < 1.29 is 18.8 Å². The lowest BCUT2D eigenvalue weighted by Gasteiger charge is -2.27. The highest BCUT2D eigenvalue weighted by atomic mass is 79.9. The highest BCUT2D eigenvalue weighted by Gasteiger charge is 2.67. The topological polar surface area (TPSA) is 126 Å². The number of pyridine rings is 1. The molecule has 2 aliphatic rings. The number of anilines is 1. The number of halogens is 2. The molecule has 0 bridgehead atoms. The lowest BCUT2D eigenvalue weighted by molar-refractivity contribution is -0.138. The van der Waals surface area contributed by atoms with Gasteiger partial charge in [-0.3, -0.25) is 19.1 Å². The minimum Gasteiger partial charge on any atom is -0.325 e. The first kappa shape index (κ1) is 29.9. The number of nitrogens with one attached hydrogen (secondary N) is 1. The number of aromatic nitrogens is 5. The number of amides is 2. The van der Waals surface area contributed by atoms with Crippen LogP contribution in [-0.4, -0.2) is 84.9 Å². The van der Waals surface area contributed by atoms with Gasteiger partial charge in [0.2, 0.25) is 11.8 Å². The van der Waals surface area contributed by atoms with Crippen LogP contribution in [0.25, 0.3) is 22.0 Å². The molecule has 3 aromatic heterocycles. The van der Waals surface area contributed by atoms with Crippen molar-refractivity contribution in [2.45, 2.75) is 52.2 Å². The second-order valence-electron chi connectivity index (χ2n) is 12.0. The lowest BCUT2D eigenvalue weighted by Crippen LogP contribution is -2.47. The standard InChI is InChI=1S/C31H32BrFN8O3/c1-16-6-9-24(32)36-29(16)37-30(44)22-10-31(15-39(4)5)11-23(31)41(22)25(43)14-40-21-8-7-20(19-12-34-18(3)35-13-19)27(33)26(21)28(38-40)17(2)42/h6-9,12-13,22-23H,10-11,14-15H2,1-5H3,(H,36,37,44)/t22-,23+,31-/m0/s1. The van der Waals surface area contributed by atoms with Crippen LogP contribution >= 0.6 is 15.9 Å². The van der Waals surface area contributed by atoms with Crippen LogP contribution in [0.4, 0.5) is 10.2 Å². The molecular formula is C31H32BrFN8O3. The number of benzene rings is 1. The van der Waals surface area contributed by atoms with Crippen LogP contribution in [0.3, 0.4) is 0 Å². The van der Waals surface area contributed by atoms with Gasteiger partial charge in [0, 0.05) is 48.4 Å². The summed E-state index contributed by atoms with van der Waals surface area (Å²) in [6, 6.07) is 6.01. The number of rotatable bonds is 8. The number of ketones is 1. The van der Waals surface area contributed by atoms with Gasteiger partial charge in [0.1, 0.15) is 40.3 Å². The van der Waals surface area contributed by atoms with Crippen LogP contribution < -0.4 is 5.32 Å². The number of piperidine rings is 1. The largest absolute Gasteiger partial charge is 0.325 e. The van der Waals surface area contributed by atoms with Crippen LogP contribution in [-0.2, 0) is 16.1 Å². The SMILES string of the molecule is CC(=O)c1nn(CC(=O)N2[C@H](C(=O)Nc3nc(Br)ccc3C)C[C@@]3(CN(C)C)C[C@@H]23)c2ccc(-c3cnc(C)nc3)c(F)c12. The normalized spacial score (nSPS) is 20.7. The highest BCUT2D eigenvalue weighted by molar-refractivity contribution is 9.10. The van der Waals surface area contributed by atoms with E-state index in [2.05, 4.69) is 46.2 Å². The van der Waals surface area contributed by atoms with Crippen LogP contribution in [0.15, 0.2) is 41.3 Å². The molecule has 1 saturated heterocycles. The van der Waals surface area contributed by atoms with E-state index in [9.17, 15) is 14.4 Å². The van der Waals surface area contributed by atoms with E-state index in [4.69, 9.17) is 0 Å². The number of likely N-dealkylation sites (tertiary alicyclic amines) is 1. The third-order valence-electron chi connectivity index (χ3n) is 8.51. The zero-order valence-electron chi connectivity index (χ0n) is 25.1. The molecule has 1 aromatic carbocycles. The first-order valence-electron chi connectivity index (χ1n) is 14.3. The van der Waals surface area contributed by atoms with Gasteiger partial charge in [-0.15, -0.1) is 0 Å². The predicted octanol–water partition coefficient (Wildman–Crippen LogP) is 4.17. The fraction of sp³-hybridized carbons (Fsp3) is 0.387. The summed E-state index contributed by atoms with van der Waals surface area (Å²) in [5.74, 6) is -0.742. The molecule has 1 N–H and O–H groups in total. The minimum absolute atomic E-state index is 0.0312. The molecule has 4 heterocycles. The molecule has 3 atom stereocenters. The summed E-state index contributed by atoms with van der Waals surface area (Å²) >= 11 is 3.35. The first-order valence-corrected chi connectivity index (χ1v) is 15.1. The Kier molecular flexibility index (Phi) is 7.57. The number of carbonyl (C=O) groups excluding carboxylic acids is 3. The monoisotopic (exact) mass is 662 g/mol. The maximum absolute atomic E-state index is 16.0. The van der Waals surface area contributed by atoms with Gasteiger partial charge in [0.15, 0.2) is 5.78 Å². The molecule has 0 unspecified atom stereocenters. The van der Waals surface area contributed by atoms with E-state index in [-0.39, 0.29) is 46.5 Å². The Bertz CT molecular complexity index is 1820. The third-order valence-corrected chi connectivity index (χ3v) is 8.95. The number of aryl methyl sites for hydroxylation is 2. The van der Waals surface area contributed by atoms with Crippen LogP contribution in [0.2, 0.25) is 0 Å². The van der Waals surface area contributed by atoms with Crippen molar-refractivity contribution >= 4 is 50.2 Å². The molecular weight excluding hydrogens is 631 g/mol. The van der Waals surface area contributed by atoms with Crippen molar-refractivity contribution in [1.82, 2.24) is 34.5 Å². The van der Waals surface area contributed by atoms with E-state index in [0.29, 0.717) is 33.7 Å². The molecule has 2 fully saturated rings. The maximum atomic E-state index is 16.0. The number of carbonyl (C=O) groups is 3. The zero-order valence-corrected chi connectivity index (χ0v) is 26.6. The summed E-state index contributed by atoms with van der Waals surface area (Å²) < 4.78 is 17.9. The molecule has 13 heteroatoms. The molecule has 44 heavy (non-hydrogen) atoms. The molecule has 228 valence electrons. The van der Waals surface area contributed by atoms with E-state index in [1.807, 2.05) is 27.1 Å². The van der Waals surface area contributed by atoms with E-state index < -0.39 is 17.6 Å². The zero-order chi connectivity index (χ0) is 31.5. The second kappa shape index (κ2) is 11.1. The van der Waals surface area contributed by atoms with Gasteiger partial charge in [0.25, 0.3) is 0 Å². The minimum atomic E-state index is -0.722. The van der Waals surface area contributed by atoms with Gasteiger partial charge in [-0.1, -0.05) is 6.07 Å². The Balaban J connectivity index is 1.33. The average molecular weight is 664 g/mol. The van der Waals surface area contributed by atoms with Crippen LogP contribution in [0, 0.1) is 25.1 Å². The van der Waals surface area contributed by atoms with Crippen molar-refractivity contribution in [3.63, 3.8) is 0 Å². The van der Waals surface area contributed by atoms with Crippen molar-refractivity contribution in [3.8, 4) is 11.1 Å². The quantitative estimate of drug-likeness (QED) is 0.220. The highest BCUT2D eigenvalue weighted by Crippen LogP contribution is 2.60. The fourth-order valence-electron chi connectivity index (χ4n) is 6.46. The maximum Gasteiger partial charge on any atom is 0.248 e. The summed E-state index contributed by atoms with van der Waals surface area (Å²) in [6.45, 7) is 5.37. The number of fused-ring (bicyclic) bond motifs is 2. The van der Waals surface area contributed by atoms with Crippen molar-refractivity contribution in [2.24, 2.45) is 5.41 Å². The van der Waals surface area contributed by atoms with Crippen LogP contribution in [0.1, 0.15) is 41.6 Å². The number of hydrogen-bond donors (Lipinski definition) is 1. The van der Waals surface area contributed by atoms with E-state index >= 15 is 4.39 Å². The Labute approximate surface area is 262 Å². The molecule has 1 aliphatic heterocycles. The molecule has 1 saturated carbocycles. The van der Waals surface area contributed by atoms with Crippen molar-refractivity contribution in [2.75, 3.05) is 26.0 Å². The Hall–Kier alpha value is -4.10. The number of hydrogen-bond acceptors (Lipinski definition) is 8. The van der Waals surface area contributed by atoms with Gasteiger partial charge >= 0.3 is 0 Å². The molecule has 1 aliphatic carbocycles. The van der Waals surface area contributed by atoms with E-state index in [1.165, 1.54) is 24.0 Å². The summed E-state index contributed by atoms with van der Waals surface area (Å²) in [5.41, 5.74) is 1.52. The number of Topliss-reactive ketones (excluding diaryl/α,β-unsaturated/α-hetero) is 1. The summed E-state index contributed by atoms with van der Waals surface area (Å²) in [7, 11) is 3.95. The molecule has 6 rings (SSSR count). The van der Waals surface area contributed by atoms with Gasteiger partial charge in [0.05, 0.1) is 10.9 Å². The molecule has 2 amide bonds. The van der Waals surface area contributed by atoms with Crippen LogP contribution in [0.5, 0.6) is 0 Å². The fourth-order valence-corrected chi connectivity index (χ4v) is 6.77. The van der Waals surface area contributed by atoms with Crippen molar-refractivity contribution in [1.29, 1.82) is 0 Å². The van der Waals surface area contributed by atoms with Gasteiger partial charge in [-0.2, -0.15) is 5.10 Å². The van der Waals surface area contributed by atoms with E-state index in [1.54, 1.807) is 30.0 Å². The third kappa shape index (κ3) is 5.28. The Morgan fingerprint density at radius 3 is 2.52 bits per heavy atom. The molecule has 0 radical (unpaired) electrons. The summed E-state index contributed by atoms with van der Waals surface area (Å²) in [6.07, 6.45) is 4.33. The van der Waals surface area contributed by atoms with Gasteiger partial charge in [-0.25, -0.2) is 19.3 Å². The average Bonchev–Trinajstić information content (AvgIpc) is 3.34. The second-order valence-corrected chi connectivity index (χ2v) is 12.8. The first-order chi connectivity index (χ1) is 20.9. The molecule has 0 spiro atoms. The Morgan fingerprint density at radius 1 is 1.11 bits per heavy atom.